The van der Waals surface area contributed by atoms with E-state index in [4.69, 9.17) is 10.8 Å². The third kappa shape index (κ3) is 9.60. The van der Waals surface area contributed by atoms with Gasteiger partial charge in [-0.05, 0) is 43.1 Å². The van der Waals surface area contributed by atoms with Gasteiger partial charge in [-0.1, -0.05) is 63.0 Å². The number of unbranched alkanes of at least 4 members (excludes halogenated alkanes) is 7. The average Bonchev–Trinajstić information content (AvgIpc) is 2.57. The zero-order valence-electron chi connectivity index (χ0n) is 14.8. The molecule has 0 amide bonds. The quantitative estimate of drug-likeness (QED) is 0.330. The molecule has 23 heavy (non-hydrogen) atoms. The van der Waals surface area contributed by atoms with E-state index in [1.807, 2.05) is 18.7 Å². The Labute approximate surface area is 143 Å². The van der Waals surface area contributed by atoms with Crippen LogP contribution in [0.2, 0.25) is 12.6 Å². The number of rotatable bonds is 12. The van der Waals surface area contributed by atoms with Crippen molar-refractivity contribution in [2.75, 3.05) is 7.11 Å². The van der Waals surface area contributed by atoms with Crippen LogP contribution in [0.4, 0.5) is 0 Å². The van der Waals surface area contributed by atoms with Crippen LogP contribution >= 0.6 is 0 Å². The summed E-state index contributed by atoms with van der Waals surface area (Å²) in [7, 11) is -0.692. The lowest BCUT2D eigenvalue weighted by molar-refractivity contribution is 0.294. The molecule has 1 rings (SSSR count). The van der Waals surface area contributed by atoms with Gasteiger partial charge in [0.05, 0.1) is 0 Å². The van der Waals surface area contributed by atoms with Gasteiger partial charge in [0, 0.05) is 12.7 Å². The Kier molecular flexibility index (Phi) is 9.94. The highest BCUT2D eigenvalue weighted by Crippen LogP contribution is 2.15. The van der Waals surface area contributed by atoms with Crippen LogP contribution in [0.1, 0.15) is 62.5 Å². The smallest absolute Gasteiger partial charge is 0.331 e. The van der Waals surface area contributed by atoms with Gasteiger partial charge in [-0.25, -0.2) is 0 Å². The lowest BCUT2D eigenvalue weighted by Crippen LogP contribution is -2.32. The first-order valence-electron chi connectivity index (χ1n) is 8.90. The fraction of sp³-hybridized carbons (Fsp3) is 0.600. The molecule has 2 nitrogen and oxygen atoms in total. The van der Waals surface area contributed by atoms with Crippen molar-refractivity contribution in [2.24, 2.45) is 0 Å². The molecule has 0 saturated carbocycles. The Morgan fingerprint density at radius 2 is 1.48 bits per heavy atom. The largest absolute Gasteiger partial charge is 0.411 e. The predicted molar refractivity (Wildman–Crippen MR) is 101 cm³/mol. The molecule has 3 heteroatoms. The molecule has 0 radical (unpaired) electrons. The van der Waals surface area contributed by atoms with E-state index < -0.39 is 8.56 Å². The van der Waals surface area contributed by atoms with Crippen LogP contribution in [0.3, 0.4) is 0 Å². The highest BCUT2D eigenvalue weighted by Gasteiger charge is 2.23. The van der Waals surface area contributed by atoms with Gasteiger partial charge in [-0.2, -0.15) is 0 Å². The number of benzene rings is 1. The summed E-state index contributed by atoms with van der Waals surface area (Å²) in [4.78, 5) is 9.85. The molecule has 1 aromatic carbocycles. The van der Waals surface area contributed by atoms with Crippen molar-refractivity contribution in [3.8, 4) is 12.3 Å². The van der Waals surface area contributed by atoms with E-state index in [2.05, 4.69) is 18.1 Å². The second-order valence-corrected chi connectivity index (χ2v) is 9.81. The van der Waals surface area contributed by atoms with Gasteiger partial charge >= 0.3 is 8.56 Å². The van der Waals surface area contributed by atoms with Gasteiger partial charge in [-0.3, -0.25) is 0 Å². The molecule has 0 bridgehead atoms. The summed E-state index contributed by atoms with van der Waals surface area (Å²) in [6.07, 6.45) is 16.6. The molecule has 1 atom stereocenters. The summed E-state index contributed by atoms with van der Waals surface area (Å²) in [5, 5.41) is 0. The molecule has 0 saturated heterocycles. The second-order valence-electron chi connectivity index (χ2n) is 6.55. The monoisotopic (exact) mass is 332 g/mol. The third-order valence-corrected chi connectivity index (χ3v) is 6.58. The van der Waals surface area contributed by atoms with Crippen molar-refractivity contribution >= 4 is 8.56 Å². The Morgan fingerprint density at radius 1 is 0.957 bits per heavy atom. The van der Waals surface area contributed by atoms with E-state index in [1.54, 1.807) is 7.11 Å². The van der Waals surface area contributed by atoms with Crippen LogP contribution in [0.15, 0.2) is 24.3 Å². The van der Waals surface area contributed by atoms with E-state index in [-0.39, 0.29) is 0 Å². The first kappa shape index (κ1) is 20.0. The Bertz CT molecular complexity index is 460. The van der Waals surface area contributed by atoms with Gasteiger partial charge < -0.3 is 9.22 Å². The molecule has 0 aliphatic rings. The van der Waals surface area contributed by atoms with Crippen molar-refractivity contribution in [3.05, 3.63) is 35.4 Å². The number of hydrogen-bond acceptors (Lipinski definition) is 2. The summed E-state index contributed by atoms with van der Waals surface area (Å²) >= 11 is 0. The fourth-order valence-corrected chi connectivity index (χ4v) is 3.82. The van der Waals surface area contributed by atoms with E-state index in [9.17, 15) is 4.80 Å². The molecule has 0 spiro atoms. The standard InChI is InChI=1S/C20H32O2Si/c1-4-19-14-16-20(17-15-19)13-11-9-7-5-6-8-10-12-18-23(3,21)22-2/h1,14-17,21H,5-13,18H2,2-3H3. The summed E-state index contributed by atoms with van der Waals surface area (Å²) in [6.45, 7) is 1.87. The van der Waals surface area contributed by atoms with Gasteiger partial charge in [-0.15, -0.1) is 6.42 Å². The van der Waals surface area contributed by atoms with E-state index in [0.29, 0.717) is 0 Å². The summed E-state index contributed by atoms with van der Waals surface area (Å²) in [5.41, 5.74) is 2.35. The highest BCUT2D eigenvalue weighted by molar-refractivity contribution is 6.64. The molecular formula is C20H32O2Si. The van der Waals surface area contributed by atoms with Crippen LogP contribution in [0.25, 0.3) is 0 Å². The van der Waals surface area contributed by atoms with E-state index >= 15 is 0 Å². The molecule has 1 N–H and O–H groups in total. The van der Waals surface area contributed by atoms with Gasteiger partial charge in [0.25, 0.3) is 0 Å². The van der Waals surface area contributed by atoms with Gasteiger partial charge in [0.2, 0.25) is 0 Å². The zero-order chi connectivity index (χ0) is 17.0. The first-order valence-corrected chi connectivity index (χ1v) is 11.5. The second kappa shape index (κ2) is 11.5. The minimum Gasteiger partial charge on any atom is -0.411 e. The minimum atomic E-state index is -2.31. The minimum absolute atomic E-state index is 0.863. The van der Waals surface area contributed by atoms with Crippen molar-refractivity contribution < 1.29 is 9.22 Å². The molecule has 0 aromatic heterocycles. The lowest BCUT2D eigenvalue weighted by atomic mass is 10.0. The maximum atomic E-state index is 9.85. The fourth-order valence-electron chi connectivity index (χ4n) is 2.71. The highest BCUT2D eigenvalue weighted by atomic mass is 28.4. The molecule has 0 heterocycles. The molecule has 1 aromatic rings. The van der Waals surface area contributed by atoms with Gasteiger partial charge in [0.1, 0.15) is 0 Å². The van der Waals surface area contributed by atoms with E-state index in [0.717, 1.165) is 24.4 Å². The van der Waals surface area contributed by atoms with Crippen LogP contribution in [-0.2, 0) is 10.8 Å². The van der Waals surface area contributed by atoms with Gasteiger partial charge in [0.15, 0.2) is 0 Å². The summed E-state index contributed by atoms with van der Waals surface area (Å²) in [6, 6.07) is 9.21. The van der Waals surface area contributed by atoms with Crippen molar-refractivity contribution in [1.29, 1.82) is 0 Å². The zero-order valence-corrected chi connectivity index (χ0v) is 15.8. The molecule has 1 unspecified atom stereocenters. The average molecular weight is 333 g/mol. The van der Waals surface area contributed by atoms with Crippen LogP contribution in [0, 0.1) is 12.3 Å². The Morgan fingerprint density at radius 3 is 2.00 bits per heavy atom. The maximum absolute atomic E-state index is 9.85. The van der Waals surface area contributed by atoms with Crippen LogP contribution < -0.4 is 0 Å². The summed E-state index contributed by atoms with van der Waals surface area (Å²) < 4.78 is 5.14. The van der Waals surface area contributed by atoms with Crippen molar-refractivity contribution in [3.63, 3.8) is 0 Å². The Hall–Kier alpha value is -1.08. The molecule has 128 valence electrons. The topological polar surface area (TPSA) is 29.5 Å². The van der Waals surface area contributed by atoms with E-state index in [1.165, 1.54) is 50.5 Å². The number of terminal acetylenes is 1. The maximum Gasteiger partial charge on any atom is 0.331 e. The Balaban J connectivity index is 1.92. The summed E-state index contributed by atoms with van der Waals surface area (Å²) in [5.74, 6) is 2.65. The predicted octanol–water partition coefficient (Wildman–Crippen LogP) is 5.04. The normalized spacial score (nSPS) is 13.5. The number of hydrogen-bond donors (Lipinski definition) is 1. The van der Waals surface area contributed by atoms with Crippen LogP contribution in [0.5, 0.6) is 0 Å². The molecular weight excluding hydrogens is 300 g/mol. The lowest BCUT2D eigenvalue weighted by Gasteiger charge is -2.16. The van der Waals surface area contributed by atoms with Crippen molar-refractivity contribution in [1.82, 2.24) is 0 Å². The first-order chi connectivity index (χ1) is 11.1. The SMILES string of the molecule is C#Cc1ccc(CCCCCCCCCC[Si](C)(O)OC)cc1. The molecule has 0 aliphatic heterocycles. The number of aryl methyl sites for hydroxylation is 1. The van der Waals surface area contributed by atoms with Crippen molar-refractivity contribution in [2.45, 2.75) is 70.4 Å². The molecule has 0 fully saturated rings. The third-order valence-electron chi connectivity index (χ3n) is 4.42. The molecule has 0 aliphatic carbocycles. The van der Waals surface area contributed by atoms with Crippen LogP contribution in [-0.4, -0.2) is 20.5 Å².